The number of anilines is 1. The van der Waals surface area contributed by atoms with Crippen LogP contribution in [0.1, 0.15) is 24.1 Å². The number of rotatable bonds is 3. The summed E-state index contributed by atoms with van der Waals surface area (Å²) in [4.78, 5) is 4.35. The zero-order valence-corrected chi connectivity index (χ0v) is 9.45. The van der Waals surface area contributed by atoms with E-state index < -0.39 is 0 Å². The van der Waals surface area contributed by atoms with Gasteiger partial charge >= 0.3 is 0 Å². The molecular formula is C12H16N4. The van der Waals surface area contributed by atoms with E-state index >= 15 is 0 Å². The fraction of sp³-hybridized carbons (Fsp3) is 0.500. The Balaban J connectivity index is 1.98. The topological polar surface area (TPSA) is 60.7 Å². The van der Waals surface area contributed by atoms with Crippen LogP contribution in [0.25, 0.3) is 0 Å². The average Bonchev–Trinajstić information content (AvgIpc) is 2.78. The maximum absolute atomic E-state index is 8.85. The van der Waals surface area contributed by atoms with E-state index in [9.17, 15) is 0 Å². The lowest BCUT2D eigenvalue weighted by atomic mass is 10.2. The molecule has 1 atom stereocenters. The van der Waals surface area contributed by atoms with Gasteiger partial charge in [0.15, 0.2) is 0 Å². The van der Waals surface area contributed by atoms with E-state index in [4.69, 9.17) is 5.26 Å². The monoisotopic (exact) mass is 216 g/mol. The Kier molecular flexibility index (Phi) is 3.37. The minimum absolute atomic E-state index is 0.535. The molecule has 0 aliphatic carbocycles. The summed E-state index contributed by atoms with van der Waals surface area (Å²) in [6.45, 7) is 3.89. The van der Waals surface area contributed by atoms with Gasteiger partial charge in [0.2, 0.25) is 0 Å². The van der Waals surface area contributed by atoms with Gasteiger partial charge in [0.1, 0.15) is 5.82 Å². The zero-order chi connectivity index (χ0) is 11.4. The molecule has 0 spiro atoms. The van der Waals surface area contributed by atoms with Crippen LogP contribution in [0, 0.1) is 18.3 Å². The van der Waals surface area contributed by atoms with Crippen LogP contribution in [-0.4, -0.2) is 24.1 Å². The fourth-order valence-electron chi connectivity index (χ4n) is 1.98. The molecule has 1 aromatic heterocycles. The number of aromatic nitrogens is 1. The Morgan fingerprint density at radius 1 is 1.62 bits per heavy atom. The first kappa shape index (κ1) is 10.9. The number of hydrogen-bond donors (Lipinski definition) is 2. The minimum Gasteiger partial charge on any atom is -0.368 e. The van der Waals surface area contributed by atoms with Crippen LogP contribution in [0.2, 0.25) is 0 Å². The summed E-state index contributed by atoms with van der Waals surface area (Å²) in [6.07, 6.45) is 2.46. The van der Waals surface area contributed by atoms with Crippen molar-refractivity contribution in [1.82, 2.24) is 10.3 Å². The van der Waals surface area contributed by atoms with Crippen molar-refractivity contribution in [3.63, 3.8) is 0 Å². The van der Waals surface area contributed by atoms with Crippen LogP contribution in [0.15, 0.2) is 12.1 Å². The van der Waals surface area contributed by atoms with E-state index in [2.05, 4.69) is 21.7 Å². The Morgan fingerprint density at radius 3 is 3.19 bits per heavy atom. The second-order valence-electron chi connectivity index (χ2n) is 4.17. The van der Waals surface area contributed by atoms with Gasteiger partial charge in [-0.25, -0.2) is 4.98 Å². The smallest absolute Gasteiger partial charge is 0.127 e. The highest BCUT2D eigenvalue weighted by Crippen LogP contribution is 2.11. The van der Waals surface area contributed by atoms with E-state index in [0.29, 0.717) is 11.6 Å². The maximum Gasteiger partial charge on any atom is 0.127 e. The first-order valence-corrected chi connectivity index (χ1v) is 5.64. The highest BCUT2D eigenvalue weighted by Gasteiger charge is 2.13. The van der Waals surface area contributed by atoms with Gasteiger partial charge in [-0.2, -0.15) is 5.26 Å². The lowest BCUT2D eigenvalue weighted by molar-refractivity contribution is 0.632. The quantitative estimate of drug-likeness (QED) is 0.802. The highest BCUT2D eigenvalue weighted by molar-refractivity contribution is 5.44. The summed E-state index contributed by atoms with van der Waals surface area (Å²) >= 11 is 0. The Hall–Kier alpha value is -1.60. The van der Waals surface area contributed by atoms with E-state index in [1.54, 1.807) is 12.1 Å². The van der Waals surface area contributed by atoms with Crippen LogP contribution >= 0.6 is 0 Å². The van der Waals surface area contributed by atoms with Gasteiger partial charge in [-0.3, -0.25) is 0 Å². The lowest BCUT2D eigenvalue weighted by Crippen LogP contribution is -2.29. The molecule has 0 bridgehead atoms. The van der Waals surface area contributed by atoms with E-state index in [1.165, 1.54) is 12.8 Å². The molecule has 2 N–H and O–H groups in total. The fourth-order valence-corrected chi connectivity index (χ4v) is 1.98. The first-order valence-electron chi connectivity index (χ1n) is 5.64. The Morgan fingerprint density at radius 2 is 2.50 bits per heavy atom. The summed E-state index contributed by atoms with van der Waals surface area (Å²) in [5.41, 5.74) is 1.54. The van der Waals surface area contributed by atoms with Crippen molar-refractivity contribution >= 4 is 5.82 Å². The molecule has 2 heterocycles. The van der Waals surface area contributed by atoms with Crippen molar-refractivity contribution in [1.29, 1.82) is 5.26 Å². The normalized spacial score (nSPS) is 19.4. The van der Waals surface area contributed by atoms with Crippen LogP contribution < -0.4 is 10.6 Å². The molecule has 4 heteroatoms. The second kappa shape index (κ2) is 4.95. The van der Waals surface area contributed by atoms with E-state index in [1.807, 2.05) is 6.92 Å². The van der Waals surface area contributed by atoms with Gasteiger partial charge in [0.25, 0.3) is 0 Å². The van der Waals surface area contributed by atoms with E-state index in [-0.39, 0.29) is 0 Å². The minimum atomic E-state index is 0.535. The second-order valence-corrected chi connectivity index (χ2v) is 4.17. The molecule has 0 aromatic carbocycles. The van der Waals surface area contributed by atoms with Gasteiger partial charge < -0.3 is 10.6 Å². The van der Waals surface area contributed by atoms with Crippen LogP contribution in [0.4, 0.5) is 5.82 Å². The van der Waals surface area contributed by atoms with Crippen molar-refractivity contribution in [3.05, 3.63) is 23.4 Å². The van der Waals surface area contributed by atoms with Crippen molar-refractivity contribution < 1.29 is 0 Å². The first-order chi connectivity index (χ1) is 7.78. The van der Waals surface area contributed by atoms with Gasteiger partial charge in [-0.15, -0.1) is 0 Å². The standard InChI is InChI=1S/C12H16N4/c1-9-5-10(7-13)6-12(16-9)15-8-11-3-2-4-14-11/h5-6,11,14H,2-4,8H2,1H3,(H,15,16). The molecule has 84 valence electrons. The van der Waals surface area contributed by atoms with Crippen LogP contribution in [-0.2, 0) is 0 Å². The van der Waals surface area contributed by atoms with Crippen molar-refractivity contribution in [2.45, 2.75) is 25.8 Å². The zero-order valence-electron chi connectivity index (χ0n) is 9.45. The largest absolute Gasteiger partial charge is 0.368 e. The lowest BCUT2D eigenvalue weighted by Gasteiger charge is -2.12. The van der Waals surface area contributed by atoms with Gasteiger partial charge in [-0.1, -0.05) is 0 Å². The molecule has 1 fully saturated rings. The van der Waals surface area contributed by atoms with Crippen molar-refractivity contribution in [3.8, 4) is 6.07 Å². The van der Waals surface area contributed by atoms with Crippen LogP contribution in [0.5, 0.6) is 0 Å². The predicted molar refractivity (Wildman–Crippen MR) is 63.2 cm³/mol. The molecule has 1 aromatic rings. The molecule has 4 nitrogen and oxygen atoms in total. The van der Waals surface area contributed by atoms with Crippen molar-refractivity contribution in [2.24, 2.45) is 0 Å². The van der Waals surface area contributed by atoms with Gasteiger partial charge in [-0.05, 0) is 38.4 Å². The predicted octanol–water partition coefficient (Wildman–Crippen LogP) is 1.43. The maximum atomic E-state index is 8.85. The molecule has 1 saturated heterocycles. The Bertz CT molecular complexity index is 402. The number of nitrogens with one attached hydrogen (secondary N) is 2. The highest BCUT2D eigenvalue weighted by atomic mass is 15.0. The number of hydrogen-bond acceptors (Lipinski definition) is 4. The van der Waals surface area contributed by atoms with Crippen LogP contribution in [0.3, 0.4) is 0 Å². The number of pyridine rings is 1. The van der Waals surface area contributed by atoms with Gasteiger partial charge in [0.05, 0.1) is 11.6 Å². The summed E-state index contributed by atoms with van der Waals surface area (Å²) in [7, 11) is 0. The molecule has 1 aliphatic rings. The number of nitriles is 1. The molecule has 0 amide bonds. The SMILES string of the molecule is Cc1cc(C#N)cc(NCC2CCCN2)n1. The summed E-state index contributed by atoms with van der Waals surface area (Å²) in [5.74, 6) is 0.797. The van der Waals surface area contributed by atoms with E-state index in [0.717, 1.165) is 24.6 Å². The molecule has 0 saturated carbocycles. The number of nitrogens with zero attached hydrogens (tertiary/aromatic N) is 2. The van der Waals surface area contributed by atoms with Gasteiger partial charge in [0, 0.05) is 18.3 Å². The summed E-state index contributed by atoms with van der Waals surface area (Å²) < 4.78 is 0. The summed E-state index contributed by atoms with van der Waals surface area (Å²) in [5, 5.41) is 15.5. The molecule has 1 aliphatic heterocycles. The molecule has 16 heavy (non-hydrogen) atoms. The summed E-state index contributed by atoms with van der Waals surface area (Å²) in [6, 6.07) is 6.26. The number of aryl methyl sites for hydroxylation is 1. The average molecular weight is 216 g/mol. The third-order valence-electron chi connectivity index (χ3n) is 2.77. The molecule has 1 unspecified atom stereocenters. The third kappa shape index (κ3) is 2.71. The Labute approximate surface area is 95.7 Å². The van der Waals surface area contributed by atoms with Crippen molar-refractivity contribution in [2.75, 3.05) is 18.4 Å². The molecule has 2 rings (SSSR count). The third-order valence-corrected chi connectivity index (χ3v) is 2.77. The molecular weight excluding hydrogens is 200 g/mol. The molecule has 0 radical (unpaired) electrons.